The molecule has 6 nitrogen and oxygen atoms in total. The molecular formula is C21H19ClN2O4. The quantitative estimate of drug-likeness (QED) is 0.739. The van der Waals surface area contributed by atoms with Crippen molar-refractivity contribution in [1.82, 2.24) is 4.90 Å². The molecule has 7 heteroatoms. The molecule has 3 amide bonds. The Kier molecular flexibility index (Phi) is 4.38. The van der Waals surface area contributed by atoms with Crippen molar-refractivity contribution in [3.8, 4) is 5.75 Å². The number of rotatable bonds is 4. The first kappa shape index (κ1) is 18.5. The number of carbonyl (C=O) groups is 3. The van der Waals surface area contributed by atoms with Gasteiger partial charge < -0.3 is 9.64 Å². The fourth-order valence-corrected chi connectivity index (χ4v) is 3.76. The number of fused-ring (bicyclic) bond motifs is 2. The van der Waals surface area contributed by atoms with Gasteiger partial charge in [-0.05, 0) is 50.6 Å². The van der Waals surface area contributed by atoms with E-state index in [9.17, 15) is 14.4 Å². The fraction of sp³-hybridized carbons (Fsp3) is 0.286. The smallest absolute Gasteiger partial charge is 0.270 e. The molecule has 0 unspecified atom stereocenters. The topological polar surface area (TPSA) is 66.9 Å². The SMILES string of the molecule is CC1(C)Oc2ccc(Cl)cc2N(CCCN2C(=O)c3ccccc3C2=O)C1=O. The van der Waals surface area contributed by atoms with Crippen molar-refractivity contribution in [1.29, 1.82) is 0 Å². The Labute approximate surface area is 167 Å². The monoisotopic (exact) mass is 398 g/mol. The zero-order valence-corrected chi connectivity index (χ0v) is 16.3. The summed E-state index contributed by atoms with van der Waals surface area (Å²) in [5.74, 6) is -0.199. The van der Waals surface area contributed by atoms with Gasteiger partial charge in [-0.3, -0.25) is 19.3 Å². The number of amides is 3. The molecule has 2 aromatic carbocycles. The Balaban J connectivity index is 1.51. The molecule has 2 heterocycles. The van der Waals surface area contributed by atoms with E-state index in [2.05, 4.69) is 0 Å². The number of benzene rings is 2. The molecule has 0 aliphatic carbocycles. The van der Waals surface area contributed by atoms with Crippen molar-refractivity contribution in [2.24, 2.45) is 0 Å². The Hall–Kier alpha value is -2.86. The molecule has 0 bridgehead atoms. The number of ether oxygens (including phenoxy) is 1. The van der Waals surface area contributed by atoms with Gasteiger partial charge in [-0.1, -0.05) is 23.7 Å². The average Bonchev–Trinajstić information content (AvgIpc) is 2.90. The first-order valence-electron chi connectivity index (χ1n) is 9.05. The maximum absolute atomic E-state index is 12.9. The minimum Gasteiger partial charge on any atom is -0.476 e. The summed E-state index contributed by atoms with van der Waals surface area (Å²) in [7, 11) is 0. The third-order valence-corrected chi connectivity index (χ3v) is 5.21. The highest BCUT2D eigenvalue weighted by Gasteiger charge is 2.41. The van der Waals surface area contributed by atoms with E-state index in [-0.39, 0.29) is 24.3 Å². The average molecular weight is 399 g/mol. The molecule has 28 heavy (non-hydrogen) atoms. The van der Waals surface area contributed by atoms with Crippen molar-refractivity contribution < 1.29 is 19.1 Å². The number of hydrogen-bond acceptors (Lipinski definition) is 4. The van der Waals surface area contributed by atoms with Gasteiger partial charge in [0.2, 0.25) is 0 Å². The molecule has 0 atom stereocenters. The second kappa shape index (κ2) is 6.63. The molecule has 4 rings (SSSR count). The zero-order chi connectivity index (χ0) is 20.1. The van der Waals surface area contributed by atoms with E-state index in [1.165, 1.54) is 4.90 Å². The lowest BCUT2D eigenvalue weighted by atomic mass is 10.0. The van der Waals surface area contributed by atoms with Crippen LogP contribution in [-0.4, -0.2) is 41.3 Å². The highest BCUT2D eigenvalue weighted by Crippen LogP contribution is 2.39. The number of carbonyl (C=O) groups excluding carboxylic acids is 3. The fourth-order valence-electron chi connectivity index (χ4n) is 3.59. The molecule has 2 aromatic rings. The Morgan fingerprint density at radius 3 is 2.18 bits per heavy atom. The Bertz CT molecular complexity index is 967. The number of nitrogens with zero attached hydrogens (tertiary/aromatic N) is 2. The number of imide groups is 1. The largest absolute Gasteiger partial charge is 0.476 e. The molecule has 0 N–H and O–H groups in total. The number of halogens is 1. The van der Waals surface area contributed by atoms with Crippen LogP contribution in [0.3, 0.4) is 0 Å². The Morgan fingerprint density at radius 1 is 0.929 bits per heavy atom. The second-order valence-corrected chi connectivity index (χ2v) is 7.78. The van der Waals surface area contributed by atoms with Gasteiger partial charge in [0.25, 0.3) is 17.7 Å². The van der Waals surface area contributed by atoms with Gasteiger partial charge in [-0.2, -0.15) is 0 Å². The lowest BCUT2D eigenvalue weighted by Gasteiger charge is -2.39. The molecule has 0 fully saturated rings. The maximum atomic E-state index is 12.9. The van der Waals surface area contributed by atoms with Crippen LogP contribution < -0.4 is 9.64 Å². The summed E-state index contributed by atoms with van der Waals surface area (Å²) in [5, 5.41) is 0.500. The molecule has 144 valence electrons. The van der Waals surface area contributed by atoms with Crippen molar-refractivity contribution in [3.63, 3.8) is 0 Å². The number of hydrogen-bond donors (Lipinski definition) is 0. The van der Waals surface area contributed by atoms with E-state index in [1.807, 2.05) is 0 Å². The third kappa shape index (κ3) is 2.94. The second-order valence-electron chi connectivity index (χ2n) is 7.34. The van der Waals surface area contributed by atoms with Crippen molar-refractivity contribution in [2.75, 3.05) is 18.0 Å². The summed E-state index contributed by atoms with van der Waals surface area (Å²) in [6, 6.07) is 11.9. The molecule has 0 saturated carbocycles. The van der Waals surface area contributed by atoms with Crippen LogP contribution in [0.15, 0.2) is 42.5 Å². The first-order valence-corrected chi connectivity index (χ1v) is 9.43. The van der Waals surface area contributed by atoms with Crippen molar-refractivity contribution in [3.05, 3.63) is 58.6 Å². The van der Waals surface area contributed by atoms with Crippen LogP contribution in [-0.2, 0) is 4.79 Å². The zero-order valence-electron chi connectivity index (χ0n) is 15.6. The van der Waals surface area contributed by atoms with Gasteiger partial charge in [0.15, 0.2) is 5.60 Å². The van der Waals surface area contributed by atoms with Gasteiger partial charge in [0.1, 0.15) is 5.75 Å². The maximum Gasteiger partial charge on any atom is 0.270 e. The van der Waals surface area contributed by atoms with Crippen LogP contribution in [0.5, 0.6) is 5.75 Å². The highest BCUT2D eigenvalue weighted by atomic mass is 35.5. The normalized spacial score (nSPS) is 17.5. The molecular weight excluding hydrogens is 380 g/mol. The molecule has 2 aliphatic rings. The van der Waals surface area contributed by atoms with Gasteiger partial charge in [-0.15, -0.1) is 0 Å². The van der Waals surface area contributed by atoms with Crippen LogP contribution in [0.25, 0.3) is 0 Å². The molecule has 0 aromatic heterocycles. The van der Waals surface area contributed by atoms with E-state index in [4.69, 9.17) is 16.3 Å². The summed E-state index contributed by atoms with van der Waals surface area (Å²) in [5.41, 5.74) is 0.441. The predicted octanol–water partition coefficient (Wildman–Crippen LogP) is 3.53. The van der Waals surface area contributed by atoms with E-state index >= 15 is 0 Å². The van der Waals surface area contributed by atoms with Crippen molar-refractivity contribution in [2.45, 2.75) is 25.9 Å². The number of anilines is 1. The third-order valence-electron chi connectivity index (χ3n) is 4.98. The standard InChI is InChI=1S/C21H19ClN2O4/c1-21(2)20(27)23(16-12-13(22)8-9-17(16)28-21)10-5-11-24-18(25)14-6-3-4-7-15(14)19(24)26/h3-4,6-9,12H,5,10-11H2,1-2H3. The van der Waals surface area contributed by atoms with Crippen LogP contribution in [0.1, 0.15) is 41.0 Å². The van der Waals surface area contributed by atoms with Gasteiger partial charge in [-0.25, -0.2) is 0 Å². The van der Waals surface area contributed by atoms with E-state index < -0.39 is 5.60 Å². The van der Waals surface area contributed by atoms with Crippen LogP contribution in [0.4, 0.5) is 5.69 Å². The molecule has 0 spiro atoms. The lowest BCUT2D eigenvalue weighted by Crippen LogP contribution is -2.53. The summed E-state index contributed by atoms with van der Waals surface area (Å²) in [4.78, 5) is 40.7. The Morgan fingerprint density at radius 2 is 1.54 bits per heavy atom. The summed E-state index contributed by atoms with van der Waals surface area (Å²) in [6.07, 6.45) is 0.444. The van der Waals surface area contributed by atoms with Crippen LogP contribution >= 0.6 is 11.6 Å². The van der Waals surface area contributed by atoms with Crippen LogP contribution in [0.2, 0.25) is 5.02 Å². The predicted molar refractivity (Wildman–Crippen MR) is 105 cm³/mol. The van der Waals surface area contributed by atoms with Gasteiger partial charge >= 0.3 is 0 Å². The van der Waals surface area contributed by atoms with Crippen molar-refractivity contribution >= 4 is 35.0 Å². The molecule has 0 saturated heterocycles. The van der Waals surface area contributed by atoms with E-state index in [1.54, 1.807) is 61.2 Å². The minimum atomic E-state index is -1.00. The lowest BCUT2D eigenvalue weighted by molar-refractivity contribution is -0.132. The highest BCUT2D eigenvalue weighted by molar-refractivity contribution is 6.31. The molecule has 0 radical (unpaired) electrons. The van der Waals surface area contributed by atoms with E-state index in [0.717, 1.165) is 0 Å². The van der Waals surface area contributed by atoms with Gasteiger partial charge in [0.05, 0.1) is 16.8 Å². The summed E-state index contributed by atoms with van der Waals surface area (Å²) in [6.45, 7) is 3.99. The molecule has 2 aliphatic heterocycles. The summed E-state index contributed by atoms with van der Waals surface area (Å²) < 4.78 is 5.80. The van der Waals surface area contributed by atoms with Crippen LogP contribution in [0, 0.1) is 0 Å². The van der Waals surface area contributed by atoms with Gasteiger partial charge in [0, 0.05) is 18.1 Å². The minimum absolute atomic E-state index is 0.190. The first-order chi connectivity index (χ1) is 13.3. The van der Waals surface area contributed by atoms with E-state index in [0.29, 0.717) is 40.6 Å². The summed E-state index contributed by atoms with van der Waals surface area (Å²) >= 11 is 6.10.